The lowest BCUT2D eigenvalue weighted by Gasteiger charge is -2.39. The molecule has 270 valence electrons. The molecule has 0 saturated carbocycles. The van der Waals surface area contributed by atoms with Crippen molar-refractivity contribution < 1.29 is 0 Å². The number of nitriles is 1. The van der Waals surface area contributed by atoms with Gasteiger partial charge in [-0.2, -0.15) is 5.26 Å². The van der Waals surface area contributed by atoms with Crippen molar-refractivity contribution >= 4 is 11.8 Å². The van der Waals surface area contributed by atoms with Crippen molar-refractivity contribution in [2.24, 2.45) is 0 Å². The Morgan fingerprint density at radius 3 is 1.41 bits per heavy atom. The molecule has 0 bridgehead atoms. The second kappa shape index (κ2) is 13.7. The summed E-state index contributed by atoms with van der Waals surface area (Å²) in [5.41, 5.74) is 14.4. The fourth-order valence-electron chi connectivity index (χ4n) is 8.81. The third-order valence-corrected chi connectivity index (χ3v) is 12.6. The van der Waals surface area contributed by atoms with E-state index in [1.165, 1.54) is 32.0 Å². The molecule has 0 radical (unpaired) electrons. The minimum atomic E-state index is -0.510. The fraction of sp³-hybridized carbons (Fsp3) is 0.0189. The zero-order valence-corrected chi connectivity index (χ0v) is 32.0. The Labute approximate surface area is 341 Å². The lowest BCUT2D eigenvalue weighted by Crippen LogP contribution is -2.31. The van der Waals surface area contributed by atoms with Crippen LogP contribution in [0.2, 0.25) is 0 Å². The van der Waals surface area contributed by atoms with E-state index in [-0.39, 0.29) is 0 Å². The van der Waals surface area contributed by atoms with Crippen molar-refractivity contribution in [3.05, 3.63) is 222 Å². The highest BCUT2D eigenvalue weighted by molar-refractivity contribution is 7.99. The summed E-state index contributed by atoms with van der Waals surface area (Å²) in [5.74, 6) is 1.84. The topological polar surface area (TPSA) is 62.5 Å². The molecular weight excluding hydrogens is 725 g/mol. The number of benzene rings is 8. The maximum atomic E-state index is 10.1. The maximum absolute atomic E-state index is 10.1. The van der Waals surface area contributed by atoms with Crippen molar-refractivity contribution in [3.8, 4) is 73.6 Å². The van der Waals surface area contributed by atoms with Gasteiger partial charge in [0.1, 0.15) is 0 Å². The van der Waals surface area contributed by atoms with Gasteiger partial charge in [0.05, 0.1) is 17.0 Å². The smallest absolute Gasteiger partial charge is 0.164 e. The molecule has 5 heteroatoms. The Balaban J connectivity index is 1.06. The summed E-state index contributed by atoms with van der Waals surface area (Å²) >= 11 is 1.83. The second-order valence-corrected chi connectivity index (χ2v) is 15.8. The Morgan fingerprint density at radius 2 is 0.810 bits per heavy atom. The number of hydrogen-bond acceptors (Lipinski definition) is 5. The molecule has 0 unspecified atom stereocenters. The summed E-state index contributed by atoms with van der Waals surface area (Å²) < 4.78 is 0. The molecule has 1 aliphatic heterocycles. The molecule has 0 atom stereocenters. The van der Waals surface area contributed by atoms with Crippen LogP contribution in [0, 0.1) is 11.3 Å². The van der Waals surface area contributed by atoms with E-state index in [2.05, 4.69) is 158 Å². The van der Waals surface area contributed by atoms with Crippen LogP contribution in [0.4, 0.5) is 0 Å². The highest BCUT2D eigenvalue weighted by atomic mass is 32.2. The van der Waals surface area contributed by atoms with Gasteiger partial charge in [0.15, 0.2) is 17.5 Å². The molecule has 1 spiro atoms. The van der Waals surface area contributed by atoms with Crippen LogP contribution in [-0.2, 0) is 5.41 Å². The standard InChI is InChI=1S/C53H32N4S/c54-33-34-25-27-44-42(29-34)43-32-39(26-28-45(43)53(44)46-21-7-9-23-48(46)58-49-24-10-8-22-47(49)53)38-18-12-20-41(31-38)52-56-50(36-15-5-2-6-16-36)55-51(57-52)40-19-11-17-37(30-40)35-13-3-1-4-14-35/h1-32H. The molecule has 58 heavy (non-hydrogen) atoms. The first kappa shape index (κ1) is 33.9. The van der Waals surface area contributed by atoms with E-state index >= 15 is 0 Å². The van der Waals surface area contributed by atoms with Gasteiger partial charge in [-0.3, -0.25) is 0 Å². The van der Waals surface area contributed by atoms with Crippen molar-refractivity contribution in [2.45, 2.75) is 15.2 Å². The summed E-state index contributed by atoms with van der Waals surface area (Å²) in [4.78, 5) is 17.7. The van der Waals surface area contributed by atoms with Crippen molar-refractivity contribution in [3.63, 3.8) is 0 Å². The van der Waals surface area contributed by atoms with E-state index in [4.69, 9.17) is 15.0 Å². The van der Waals surface area contributed by atoms with Gasteiger partial charge >= 0.3 is 0 Å². The van der Waals surface area contributed by atoms with Gasteiger partial charge in [-0.05, 0) is 98.1 Å². The van der Waals surface area contributed by atoms with E-state index < -0.39 is 5.41 Å². The molecule has 0 N–H and O–H groups in total. The number of nitrogens with zero attached hydrogens (tertiary/aromatic N) is 4. The Morgan fingerprint density at radius 1 is 0.362 bits per heavy atom. The van der Waals surface area contributed by atoms with Gasteiger partial charge in [0, 0.05) is 26.5 Å². The molecule has 2 aliphatic rings. The summed E-state index contributed by atoms with van der Waals surface area (Å²) in [7, 11) is 0. The van der Waals surface area contributed by atoms with Crippen LogP contribution in [-0.4, -0.2) is 15.0 Å². The monoisotopic (exact) mass is 756 g/mol. The first-order chi connectivity index (χ1) is 28.7. The third-order valence-electron chi connectivity index (χ3n) is 11.4. The van der Waals surface area contributed by atoms with Crippen LogP contribution in [0.3, 0.4) is 0 Å². The van der Waals surface area contributed by atoms with Crippen LogP contribution < -0.4 is 0 Å². The first-order valence-corrected chi connectivity index (χ1v) is 20.1. The van der Waals surface area contributed by atoms with E-state index in [1.807, 2.05) is 54.2 Å². The van der Waals surface area contributed by atoms with Gasteiger partial charge in [0.2, 0.25) is 0 Å². The number of fused-ring (bicyclic) bond motifs is 9. The molecule has 2 heterocycles. The van der Waals surface area contributed by atoms with Gasteiger partial charge in [-0.25, -0.2) is 15.0 Å². The van der Waals surface area contributed by atoms with Gasteiger partial charge in [-0.15, -0.1) is 0 Å². The molecule has 4 nitrogen and oxygen atoms in total. The molecule has 0 amide bonds. The van der Waals surface area contributed by atoms with E-state index in [9.17, 15) is 5.26 Å². The van der Waals surface area contributed by atoms with Crippen molar-refractivity contribution in [1.82, 2.24) is 15.0 Å². The quantitative estimate of drug-likeness (QED) is 0.175. The number of aromatic nitrogens is 3. The van der Waals surface area contributed by atoms with Gasteiger partial charge in [0.25, 0.3) is 0 Å². The lowest BCUT2D eigenvalue weighted by atomic mass is 9.67. The summed E-state index contributed by atoms with van der Waals surface area (Å²) in [6, 6.07) is 70.3. The zero-order chi connectivity index (χ0) is 38.6. The Kier molecular flexibility index (Phi) is 7.99. The minimum absolute atomic E-state index is 0.510. The molecule has 0 saturated heterocycles. The van der Waals surface area contributed by atoms with Crippen molar-refractivity contribution in [1.29, 1.82) is 5.26 Å². The van der Waals surface area contributed by atoms with Crippen LogP contribution in [0.1, 0.15) is 27.8 Å². The molecule has 1 aliphatic carbocycles. The van der Waals surface area contributed by atoms with E-state index in [1.54, 1.807) is 0 Å². The largest absolute Gasteiger partial charge is 0.208 e. The van der Waals surface area contributed by atoms with Crippen LogP contribution in [0.15, 0.2) is 204 Å². The van der Waals surface area contributed by atoms with Crippen LogP contribution in [0.25, 0.3) is 67.5 Å². The predicted molar refractivity (Wildman–Crippen MR) is 233 cm³/mol. The lowest BCUT2D eigenvalue weighted by molar-refractivity contribution is 0.722. The fourth-order valence-corrected chi connectivity index (χ4v) is 10.0. The van der Waals surface area contributed by atoms with Gasteiger partial charge < -0.3 is 0 Å². The summed E-state index contributed by atoms with van der Waals surface area (Å²) in [5, 5.41) is 10.1. The number of hydrogen-bond donors (Lipinski definition) is 0. The van der Waals surface area contributed by atoms with Crippen LogP contribution in [0.5, 0.6) is 0 Å². The van der Waals surface area contributed by atoms with E-state index in [0.29, 0.717) is 23.0 Å². The average molecular weight is 757 g/mol. The first-order valence-electron chi connectivity index (χ1n) is 19.3. The van der Waals surface area contributed by atoms with E-state index in [0.717, 1.165) is 50.1 Å². The average Bonchev–Trinajstić information content (AvgIpc) is 3.58. The molecular formula is C53H32N4S. The van der Waals surface area contributed by atoms with Gasteiger partial charge in [-0.1, -0.05) is 163 Å². The molecule has 9 aromatic rings. The Hall–Kier alpha value is -7.39. The molecule has 8 aromatic carbocycles. The normalized spacial score (nSPS) is 12.9. The molecule has 0 fully saturated rings. The predicted octanol–water partition coefficient (Wildman–Crippen LogP) is 12.9. The third kappa shape index (κ3) is 5.42. The minimum Gasteiger partial charge on any atom is -0.208 e. The zero-order valence-electron chi connectivity index (χ0n) is 31.2. The van der Waals surface area contributed by atoms with Crippen molar-refractivity contribution in [2.75, 3.05) is 0 Å². The summed E-state index contributed by atoms with van der Waals surface area (Å²) in [6.45, 7) is 0. The SMILES string of the molecule is N#Cc1ccc2c(c1)-c1cc(-c3cccc(-c4nc(-c5ccccc5)nc(-c5cccc(-c6ccccc6)c5)n4)c3)ccc1C21c2ccccc2Sc2ccccc21. The highest BCUT2D eigenvalue weighted by Crippen LogP contribution is 2.62. The summed E-state index contributed by atoms with van der Waals surface area (Å²) in [6.07, 6.45) is 0. The molecule has 1 aromatic heterocycles. The Bertz CT molecular complexity index is 3070. The van der Waals surface area contributed by atoms with Crippen LogP contribution >= 0.6 is 11.8 Å². The maximum Gasteiger partial charge on any atom is 0.164 e. The number of rotatable bonds is 5. The second-order valence-electron chi connectivity index (χ2n) is 14.7. The highest BCUT2D eigenvalue weighted by Gasteiger charge is 2.50. The molecule has 11 rings (SSSR count).